The van der Waals surface area contributed by atoms with E-state index in [2.05, 4.69) is 10.4 Å². The Kier molecular flexibility index (Phi) is 4.36. The van der Waals surface area contributed by atoms with Gasteiger partial charge in [0.2, 0.25) is 5.91 Å². The molecule has 1 heterocycles. The summed E-state index contributed by atoms with van der Waals surface area (Å²) in [4.78, 5) is 22.5. The van der Waals surface area contributed by atoms with Gasteiger partial charge in [0.15, 0.2) is 0 Å². The van der Waals surface area contributed by atoms with Crippen LogP contribution in [0.4, 0.5) is 0 Å². The highest BCUT2D eigenvalue weighted by Gasteiger charge is 2.28. The molecule has 0 aromatic carbocycles. The fourth-order valence-electron chi connectivity index (χ4n) is 1.40. The van der Waals surface area contributed by atoms with E-state index >= 15 is 0 Å². The van der Waals surface area contributed by atoms with Crippen molar-refractivity contribution in [2.24, 2.45) is 7.05 Å². The minimum absolute atomic E-state index is 0.416. The number of aliphatic carboxylic acids is 1. The number of carbonyl (C=O) groups excluding carboxylic acids is 1. The second kappa shape index (κ2) is 5.44. The largest absolute Gasteiger partial charge is 0.480 e. The standard InChI is InChI=1S/C12H16ClN3O3/c1-7-8(10(13)16(4)15-7)5-6-9(17)14-12(2,3)11(18)19/h5-6H,1-4H3,(H,14,17)(H,18,19)/b6-5+. The second-order valence-electron chi connectivity index (χ2n) is 4.67. The zero-order valence-electron chi connectivity index (χ0n) is 11.2. The van der Waals surface area contributed by atoms with Crippen LogP contribution in [-0.2, 0) is 16.6 Å². The van der Waals surface area contributed by atoms with Gasteiger partial charge in [-0.15, -0.1) is 0 Å². The Morgan fingerprint density at radius 3 is 2.47 bits per heavy atom. The minimum atomic E-state index is -1.32. The van der Waals surface area contributed by atoms with E-state index in [1.165, 1.54) is 30.7 Å². The molecule has 0 saturated heterocycles. The zero-order chi connectivity index (χ0) is 14.8. The molecule has 0 spiro atoms. The van der Waals surface area contributed by atoms with Gasteiger partial charge in [-0.3, -0.25) is 9.48 Å². The van der Waals surface area contributed by atoms with E-state index < -0.39 is 17.4 Å². The number of halogens is 1. The number of carbonyl (C=O) groups is 2. The number of aromatic nitrogens is 2. The van der Waals surface area contributed by atoms with Crippen LogP contribution in [-0.4, -0.2) is 32.3 Å². The van der Waals surface area contributed by atoms with E-state index in [0.29, 0.717) is 16.4 Å². The van der Waals surface area contributed by atoms with Crippen molar-refractivity contribution < 1.29 is 14.7 Å². The maximum absolute atomic E-state index is 11.6. The number of nitrogens with one attached hydrogen (secondary N) is 1. The number of carboxylic acids is 1. The Hall–Kier alpha value is -1.82. The number of aryl methyl sites for hydroxylation is 2. The summed E-state index contributed by atoms with van der Waals surface area (Å²) in [7, 11) is 1.69. The Labute approximate surface area is 116 Å². The minimum Gasteiger partial charge on any atom is -0.480 e. The topological polar surface area (TPSA) is 84.2 Å². The van der Waals surface area contributed by atoms with Crippen LogP contribution in [0.15, 0.2) is 6.08 Å². The summed E-state index contributed by atoms with van der Waals surface area (Å²) >= 11 is 6.00. The van der Waals surface area contributed by atoms with Crippen LogP contribution in [0.3, 0.4) is 0 Å². The summed E-state index contributed by atoms with van der Waals surface area (Å²) < 4.78 is 1.50. The van der Waals surface area contributed by atoms with Crippen molar-refractivity contribution in [1.29, 1.82) is 0 Å². The molecule has 0 radical (unpaired) electrons. The molecular formula is C12H16ClN3O3. The van der Waals surface area contributed by atoms with Crippen LogP contribution in [0.5, 0.6) is 0 Å². The van der Waals surface area contributed by atoms with Crippen molar-refractivity contribution in [3.05, 3.63) is 22.5 Å². The number of carboxylic acid groups (broad SMARTS) is 1. The maximum atomic E-state index is 11.6. The molecule has 7 heteroatoms. The highest BCUT2D eigenvalue weighted by molar-refractivity contribution is 6.31. The Morgan fingerprint density at radius 2 is 2.05 bits per heavy atom. The van der Waals surface area contributed by atoms with E-state index in [1.807, 2.05) is 0 Å². The number of rotatable bonds is 4. The third-order valence-corrected chi connectivity index (χ3v) is 3.02. The van der Waals surface area contributed by atoms with Gasteiger partial charge in [-0.2, -0.15) is 5.10 Å². The van der Waals surface area contributed by atoms with Crippen molar-refractivity contribution in [2.75, 3.05) is 0 Å². The van der Waals surface area contributed by atoms with Crippen LogP contribution in [0, 0.1) is 6.92 Å². The first-order chi connectivity index (χ1) is 8.65. The fraction of sp³-hybridized carbons (Fsp3) is 0.417. The molecule has 0 aliphatic rings. The highest BCUT2D eigenvalue weighted by Crippen LogP contribution is 2.19. The molecule has 6 nitrogen and oxygen atoms in total. The van der Waals surface area contributed by atoms with Crippen molar-refractivity contribution in [2.45, 2.75) is 26.3 Å². The third kappa shape index (κ3) is 3.57. The first-order valence-corrected chi connectivity index (χ1v) is 5.95. The molecule has 0 unspecified atom stereocenters. The van der Waals surface area contributed by atoms with Gasteiger partial charge in [0, 0.05) is 18.7 Å². The van der Waals surface area contributed by atoms with E-state index in [9.17, 15) is 9.59 Å². The van der Waals surface area contributed by atoms with Gasteiger partial charge in [0.25, 0.3) is 0 Å². The van der Waals surface area contributed by atoms with Crippen molar-refractivity contribution in [1.82, 2.24) is 15.1 Å². The van der Waals surface area contributed by atoms with Crippen molar-refractivity contribution in [3.8, 4) is 0 Å². The molecule has 1 amide bonds. The lowest BCUT2D eigenvalue weighted by Gasteiger charge is -2.19. The number of nitrogens with zero attached hydrogens (tertiary/aromatic N) is 2. The van der Waals surface area contributed by atoms with Gasteiger partial charge in [-0.1, -0.05) is 11.6 Å². The average Bonchev–Trinajstić information content (AvgIpc) is 2.50. The first-order valence-electron chi connectivity index (χ1n) is 5.58. The van der Waals surface area contributed by atoms with E-state index in [4.69, 9.17) is 16.7 Å². The Morgan fingerprint density at radius 1 is 1.47 bits per heavy atom. The number of hydrogen-bond acceptors (Lipinski definition) is 3. The summed E-state index contributed by atoms with van der Waals surface area (Å²) in [5.74, 6) is -1.61. The smallest absolute Gasteiger partial charge is 0.328 e. The molecule has 1 aromatic heterocycles. The van der Waals surface area contributed by atoms with E-state index in [1.54, 1.807) is 14.0 Å². The molecule has 2 N–H and O–H groups in total. The van der Waals surface area contributed by atoms with Crippen LogP contribution < -0.4 is 5.32 Å². The van der Waals surface area contributed by atoms with Gasteiger partial charge in [-0.25, -0.2) is 4.79 Å². The van der Waals surface area contributed by atoms with Crippen LogP contribution >= 0.6 is 11.6 Å². The van der Waals surface area contributed by atoms with Crippen molar-refractivity contribution >= 4 is 29.6 Å². The molecule has 0 aliphatic heterocycles. The third-order valence-electron chi connectivity index (χ3n) is 2.57. The Bertz CT molecular complexity index is 547. The quantitative estimate of drug-likeness (QED) is 0.819. The molecule has 104 valence electrons. The predicted octanol–water partition coefficient (Wildman–Crippen LogP) is 1.37. The molecular weight excluding hydrogens is 270 g/mol. The van der Waals surface area contributed by atoms with Crippen molar-refractivity contribution in [3.63, 3.8) is 0 Å². The summed E-state index contributed by atoms with van der Waals surface area (Å²) in [5, 5.41) is 15.8. The monoisotopic (exact) mass is 285 g/mol. The van der Waals surface area contributed by atoms with Crippen LogP contribution in [0.1, 0.15) is 25.1 Å². The van der Waals surface area contributed by atoms with E-state index in [0.717, 1.165) is 0 Å². The molecule has 1 rings (SSSR count). The summed E-state index contributed by atoms with van der Waals surface area (Å²) in [5.41, 5.74) is -0.00338. The zero-order valence-corrected chi connectivity index (χ0v) is 11.9. The summed E-state index contributed by atoms with van der Waals surface area (Å²) in [6, 6.07) is 0. The van der Waals surface area contributed by atoms with Gasteiger partial charge in [0.05, 0.1) is 5.69 Å². The van der Waals surface area contributed by atoms with Crippen LogP contribution in [0.2, 0.25) is 5.15 Å². The highest BCUT2D eigenvalue weighted by atomic mass is 35.5. The molecule has 0 saturated carbocycles. The number of hydrogen-bond donors (Lipinski definition) is 2. The first kappa shape index (κ1) is 15.2. The molecule has 0 fully saturated rings. The van der Waals surface area contributed by atoms with Gasteiger partial charge in [-0.05, 0) is 26.8 Å². The molecule has 0 bridgehead atoms. The normalized spacial score (nSPS) is 11.8. The summed E-state index contributed by atoms with van der Waals surface area (Å²) in [6.45, 7) is 4.58. The summed E-state index contributed by atoms with van der Waals surface area (Å²) in [6.07, 6.45) is 2.75. The second-order valence-corrected chi connectivity index (χ2v) is 5.02. The molecule has 1 aromatic rings. The molecule has 0 atom stereocenters. The van der Waals surface area contributed by atoms with Gasteiger partial charge < -0.3 is 10.4 Å². The lowest BCUT2D eigenvalue weighted by molar-refractivity contribution is -0.145. The van der Waals surface area contributed by atoms with Gasteiger partial charge in [0.1, 0.15) is 10.7 Å². The van der Waals surface area contributed by atoms with E-state index in [-0.39, 0.29) is 0 Å². The lowest BCUT2D eigenvalue weighted by Crippen LogP contribution is -2.49. The molecule has 0 aliphatic carbocycles. The van der Waals surface area contributed by atoms with Gasteiger partial charge >= 0.3 is 5.97 Å². The maximum Gasteiger partial charge on any atom is 0.328 e. The molecule has 19 heavy (non-hydrogen) atoms. The number of amides is 1. The fourth-order valence-corrected chi connectivity index (χ4v) is 1.64. The Balaban J connectivity index is 2.83. The lowest BCUT2D eigenvalue weighted by atomic mass is 10.1. The SMILES string of the molecule is Cc1nn(C)c(Cl)c1/C=C/C(=O)NC(C)(C)C(=O)O. The predicted molar refractivity (Wildman–Crippen MR) is 71.8 cm³/mol. The van der Waals surface area contributed by atoms with Crippen LogP contribution in [0.25, 0.3) is 6.08 Å². The average molecular weight is 286 g/mol.